The molecule has 0 radical (unpaired) electrons. The number of para-hydroxylation sites is 1. The summed E-state index contributed by atoms with van der Waals surface area (Å²) in [7, 11) is 0. The number of piperidine rings is 1. The summed E-state index contributed by atoms with van der Waals surface area (Å²) < 4.78 is 0. The largest absolute Gasteiger partial charge is 0.342 e. The molecule has 26 heavy (non-hydrogen) atoms. The van der Waals surface area contributed by atoms with Crippen LogP contribution in [0.5, 0.6) is 0 Å². The van der Waals surface area contributed by atoms with Gasteiger partial charge in [0.15, 0.2) is 0 Å². The van der Waals surface area contributed by atoms with Crippen LogP contribution in [0, 0.1) is 6.92 Å². The standard InChI is InChI=1S/C18H21N5O3/c1-11-4-2-6-13-16(11)21-17(20-13)12-5-3-7-22(9-12)15(25)10-23-14(24)8-19-18(23)26/h2,4,6,12H,3,5,7-10H2,1H3,(H,19,26)(H,20,21). The Hall–Kier alpha value is -2.90. The number of imidazole rings is 1. The quantitative estimate of drug-likeness (QED) is 0.807. The minimum Gasteiger partial charge on any atom is -0.342 e. The maximum Gasteiger partial charge on any atom is 0.325 e. The lowest BCUT2D eigenvalue weighted by atomic mass is 9.97. The average molecular weight is 355 g/mol. The van der Waals surface area contributed by atoms with Crippen LogP contribution in [0.2, 0.25) is 0 Å². The molecule has 0 saturated carbocycles. The number of likely N-dealkylation sites (tertiary alicyclic amines) is 1. The molecular formula is C18H21N5O3. The Kier molecular flexibility index (Phi) is 4.10. The number of hydrogen-bond acceptors (Lipinski definition) is 4. The van der Waals surface area contributed by atoms with Gasteiger partial charge < -0.3 is 15.2 Å². The Morgan fingerprint density at radius 3 is 2.92 bits per heavy atom. The molecule has 2 saturated heterocycles. The third-order valence-corrected chi connectivity index (χ3v) is 5.12. The van der Waals surface area contributed by atoms with E-state index in [4.69, 9.17) is 4.98 Å². The van der Waals surface area contributed by atoms with Gasteiger partial charge in [-0.3, -0.25) is 14.5 Å². The van der Waals surface area contributed by atoms with Crippen LogP contribution in [-0.4, -0.2) is 63.8 Å². The first-order chi connectivity index (χ1) is 12.5. The molecule has 1 aromatic carbocycles. The molecule has 0 bridgehead atoms. The Morgan fingerprint density at radius 1 is 1.35 bits per heavy atom. The number of carbonyl (C=O) groups is 3. The van der Waals surface area contributed by atoms with Crippen LogP contribution in [0.3, 0.4) is 0 Å². The molecule has 1 unspecified atom stereocenters. The number of amides is 4. The van der Waals surface area contributed by atoms with Gasteiger partial charge in [-0.15, -0.1) is 0 Å². The second kappa shape index (κ2) is 6.44. The van der Waals surface area contributed by atoms with Crippen LogP contribution in [-0.2, 0) is 9.59 Å². The monoisotopic (exact) mass is 355 g/mol. The number of nitrogens with zero attached hydrogens (tertiary/aromatic N) is 3. The fraction of sp³-hybridized carbons (Fsp3) is 0.444. The molecule has 0 aliphatic carbocycles. The zero-order chi connectivity index (χ0) is 18.3. The maximum absolute atomic E-state index is 12.6. The fourth-order valence-corrected chi connectivity index (χ4v) is 3.67. The van der Waals surface area contributed by atoms with Gasteiger partial charge in [-0.2, -0.15) is 0 Å². The van der Waals surface area contributed by atoms with Crippen molar-refractivity contribution < 1.29 is 14.4 Å². The molecule has 1 aromatic heterocycles. The van der Waals surface area contributed by atoms with Crippen molar-refractivity contribution in [1.82, 2.24) is 25.1 Å². The molecule has 8 heteroatoms. The smallest absolute Gasteiger partial charge is 0.325 e. The highest BCUT2D eigenvalue weighted by Gasteiger charge is 2.33. The first-order valence-corrected chi connectivity index (χ1v) is 8.84. The Labute approximate surface area is 150 Å². The molecule has 3 heterocycles. The van der Waals surface area contributed by atoms with Gasteiger partial charge >= 0.3 is 6.03 Å². The zero-order valence-corrected chi connectivity index (χ0v) is 14.6. The Bertz CT molecular complexity index is 874. The second-order valence-corrected chi connectivity index (χ2v) is 6.91. The number of imide groups is 1. The summed E-state index contributed by atoms with van der Waals surface area (Å²) in [5.41, 5.74) is 3.08. The third kappa shape index (κ3) is 2.91. The van der Waals surface area contributed by atoms with Crippen LogP contribution in [0.4, 0.5) is 4.79 Å². The highest BCUT2D eigenvalue weighted by Crippen LogP contribution is 2.27. The van der Waals surface area contributed by atoms with Crippen molar-refractivity contribution in [2.45, 2.75) is 25.7 Å². The molecule has 0 spiro atoms. The molecule has 2 N–H and O–H groups in total. The van der Waals surface area contributed by atoms with Crippen molar-refractivity contribution in [2.75, 3.05) is 26.2 Å². The van der Waals surface area contributed by atoms with E-state index in [0.717, 1.165) is 40.2 Å². The summed E-state index contributed by atoms with van der Waals surface area (Å²) in [5, 5.41) is 2.43. The zero-order valence-electron chi connectivity index (χ0n) is 14.6. The first kappa shape index (κ1) is 16.6. The van der Waals surface area contributed by atoms with Crippen LogP contribution in [0.15, 0.2) is 18.2 Å². The van der Waals surface area contributed by atoms with Gasteiger partial charge in [0.25, 0.3) is 5.91 Å². The van der Waals surface area contributed by atoms with Gasteiger partial charge in [-0.05, 0) is 31.4 Å². The molecule has 4 amide bonds. The van der Waals surface area contributed by atoms with Crippen LogP contribution < -0.4 is 5.32 Å². The summed E-state index contributed by atoms with van der Waals surface area (Å²) in [5.74, 6) is 0.460. The van der Waals surface area contributed by atoms with Crippen LogP contribution in [0.25, 0.3) is 11.0 Å². The number of aryl methyl sites for hydroxylation is 1. The van der Waals surface area contributed by atoms with E-state index in [9.17, 15) is 14.4 Å². The van der Waals surface area contributed by atoms with E-state index in [2.05, 4.69) is 10.3 Å². The van der Waals surface area contributed by atoms with E-state index >= 15 is 0 Å². The highest BCUT2D eigenvalue weighted by molar-refractivity contribution is 6.04. The molecule has 2 aliphatic heterocycles. The molecule has 8 nitrogen and oxygen atoms in total. The van der Waals surface area contributed by atoms with Crippen molar-refractivity contribution in [3.8, 4) is 0 Å². The van der Waals surface area contributed by atoms with Crippen molar-refractivity contribution in [1.29, 1.82) is 0 Å². The van der Waals surface area contributed by atoms with Crippen molar-refractivity contribution >= 4 is 28.9 Å². The summed E-state index contributed by atoms with van der Waals surface area (Å²) in [4.78, 5) is 46.7. The van der Waals surface area contributed by atoms with Crippen molar-refractivity contribution in [2.24, 2.45) is 0 Å². The van der Waals surface area contributed by atoms with E-state index in [0.29, 0.717) is 13.1 Å². The van der Waals surface area contributed by atoms with Gasteiger partial charge in [0.05, 0.1) is 17.6 Å². The highest BCUT2D eigenvalue weighted by atomic mass is 16.2. The predicted octanol–water partition coefficient (Wildman–Crippen LogP) is 1.13. The molecular weight excluding hydrogens is 334 g/mol. The van der Waals surface area contributed by atoms with E-state index < -0.39 is 6.03 Å². The number of rotatable bonds is 3. The molecule has 2 aliphatic rings. The van der Waals surface area contributed by atoms with E-state index in [1.807, 2.05) is 25.1 Å². The number of H-pyrrole nitrogens is 1. The molecule has 136 valence electrons. The van der Waals surface area contributed by atoms with Crippen LogP contribution in [0.1, 0.15) is 30.1 Å². The van der Waals surface area contributed by atoms with Crippen molar-refractivity contribution in [3.63, 3.8) is 0 Å². The number of nitrogens with one attached hydrogen (secondary N) is 2. The van der Waals surface area contributed by atoms with Crippen LogP contribution >= 0.6 is 0 Å². The maximum atomic E-state index is 12.6. The van der Waals surface area contributed by atoms with Gasteiger partial charge in [0, 0.05) is 19.0 Å². The summed E-state index contributed by atoms with van der Waals surface area (Å²) >= 11 is 0. The Morgan fingerprint density at radius 2 is 2.19 bits per heavy atom. The lowest BCUT2D eigenvalue weighted by Crippen LogP contribution is -2.46. The minimum absolute atomic E-state index is 0.0346. The summed E-state index contributed by atoms with van der Waals surface area (Å²) in [6.07, 6.45) is 1.82. The number of benzene rings is 1. The molecule has 1 atom stereocenters. The normalized spacial score (nSPS) is 20.7. The summed E-state index contributed by atoms with van der Waals surface area (Å²) in [6.45, 7) is 2.98. The fourth-order valence-electron chi connectivity index (χ4n) is 3.67. The van der Waals surface area contributed by atoms with Gasteiger partial charge in [-0.25, -0.2) is 9.78 Å². The first-order valence-electron chi connectivity index (χ1n) is 8.84. The SMILES string of the molecule is Cc1cccc2[nH]c(C3CCCN(C(=O)CN4C(=O)CNC4=O)C3)nc12. The number of carbonyl (C=O) groups excluding carboxylic acids is 3. The Balaban J connectivity index is 1.48. The minimum atomic E-state index is -0.496. The third-order valence-electron chi connectivity index (χ3n) is 5.12. The molecule has 2 fully saturated rings. The van der Waals surface area contributed by atoms with E-state index in [-0.39, 0.29) is 30.8 Å². The summed E-state index contributed by atoms with van der Waals surface area (Å²) in [6, 6.07) is 5.53. The number of fused-ring (bicyclic) bond motifs is 1. The number of hydrogen-bond donors (Lipinski definition) is 2. The predicted molar refractivity (Wildman–Crippen MR) is 94.5 cm³/mol. The number of aromatic nitrogens is 2. The lowest BCUT2D eigenvalue weighted by Gasteiger charge is -2.32. The lowest BCUT2D eigenvalue weighted by molar-refractivity contribution is -0.137. The van der Waals surface area contributed by atoms with Gasteiger partial charge in [0.1, 0.15) is 12.4 Å². The number of aromatic amines is 1. The second-order valence-electron chi connectivity index (χ2n) is 6.91. The van der Waals surface area contributed by atoms with Gasteiger partial charge in [0.2, 0.25) is 5.91 Å². The topological polar surface area (TPSA) is 98.4 Å². The van der Waals surface area contributed by atoms with E-state index in [1.165, 1.54) is 0 Å². The molecule has 2 aromatic rings. The average Bonchev–Trinajstić information content (AvgIpc) is 3.21. The molecule has 4 rings (SSSR count). The van der Waals surface area contributed by atoms with E-state index in [1.54, 1.807) is 4.90 Å². The van der Waals surface area contributed by atoms with Gasteiger partial charge in [-0.1, -0.05) is 12.1 Å². The number of urea groups is 1. The van der Waals surface area contributed by atoms with Crippen molar-refractivity contribution in [3.05, 3.63) is 29.6 Å².